The molecule has 0 bridgehead atoms. The first kappa shape index (κ1) is 16.3. The molecule has 2 aromatic heterocycles. The Morgan fingerprint density at radius 1 is 1.00 bits per heavy atom. The number of benzene rings is 1. The largest absolute Gasteiger partial charge is 0.364 e. The molecule has 1 N–H and O–H groups in total. The standard InChI is InChI=1S/C20H23N6O/c1-23-11-13-24(14-12-23)17-8-7-16-19(22-17)25-10-9-21-20(25)18(26(16)27)15-5-3-2-4-6-15/h2-8,21H,9-14H2,1H3/q+1. The molecule has 1 saturated heterocycles. The third-order valence-corrected chi connectivity index (χ3v) is 5.51. The predicted octanol–water partition coefficient (Wildman–Crippen LogP) is 1.80. The zero-order chi connectivity index (χ0) is 18.4. The number of hydrogen-bond donors (Lipinski definition) is 1. The van der Waals surface area contributed by atoms with E-state index in [1.807, 2.05) is 42.5 Å². The van der Waals surface area contributed by atoms with Crippen LogP contribution in [0.3, 0.4) is 0 Å². The highest BCUT2D eigenvalue weighted by molar-refractivity contribution is 5.79. The lowest BCUT2D eigenvalue weighted by atomic mass is 10.1. The normalized spacial score (nSPS) is 17.1. The fourth-order valence-corrected chi connectivity index (χ4v) is 3.98. The van der Waals surface area contributed by atoms with Gasteiger partial charge in [0.25, 0.3) is 0 Å². The van der Waals surface area contributed by atoms with Crippen LogP contribution in [0.15, 0.2) is 42.5 Å². The van der Waals surface area contributed by atoms with Gasteiger partial charge in [-0.1, -0.05) is 18.2 Å². The Morgan fingerprint density at radius 2 is 1.78 bits per heavy atom. The van der Waals surface area contributed by atoms with Gasteiger partial charge in [-0.15, -0.1) is 0 Å². The van der Waals surface area contributed by atoms with Gasteiger partial charge in [0.15, 0.2) is 5.82 Å². The van der Waals surface area contributed by atoms with Crippen molar-refractivity contribution >= 4 is 22.8 Å². The first-order chi connectivity index (χ1) is 13.2. The number of fused-ring (bicyclic) bond motifs is 3. The molecule has 7 heteroatoms. The summed E-state index contributed by atoms with van der Waals surface area (Å²) in [6, 6.07) is 13.7. The van der Waals surface area contributed by atoms with Gasteiger partial charge >= 0.3 is 11.2 Å². The van der Waals surface area contributed by atoms with Crippen LogP contribution in [-0.4, -0.2) is 54.2 Å². The van der Waals surface area contributed by atoms with Crippen LogP contribution >= 0.6 is 0 Å². The van der Waals surface area contributed by atoms with Crippen molar-refractivity contribution in [2.75, 3.05) is 50.0 Å². The summed E-state index contributed by atoms with van der Waals surface area (Å²) in [5.74, 6) is 1.80. The summed E-state index contributed by atoms with van der Waals surface area (Å²) in [4.78, 5) is 22.7. The first-order valence-electron chi connectivity index (χ1n) is 9.45. The topological polar surface area (TPSA) is 59.3 Å². The Balaban J connectivity index is 1.68. The van der Waals surface area contributed by atoms with Crippen molar-refractivity contribution in [3.63, 3.8) is 0 Å². The van der Waals surface area contributed by atoms with Gasteiger partial charge in [-0.2, -0.15) is 0 Å². The van der Waals surface area contributed by atoms with Crippen LogP contribution < -0.4 is 14.6 Å². The average molecular weight is 363 g/mol. The highest BCUT2D eigenvalue weighted by Gasteiger charge is 2.30. The SMILES string of the molecule is CN1CCN(c2ccc3c(n2)n2c(c(-c4ccccc4)[n+]3=O)NCC2)CC1. The number of nitrogens with zero attached hydrogens (tertiary/aromatic N) is 5. The molecular weight excluding hydrogens is 340 g/mol. The van der Waals surface area contributed by atoms with Crippen molar-refractivity contribution in [3.05, 3.63) is 47.4 Å². The summed E-state index contributed by atoms with van der Waals surface area (Å²) >= 11 is 0. The van der Waals surface area contributed by atoms with Crippen LogP contribution in [0.5, 0.6) is 0 Å². The summed E-state index contributed by atoms with van der Waals surface area (Å²) in [5.41, 5.74) is 2.94. The van der Waals surface area contributed by atoms with E-state index < -0.39 is 0 Å². The predicted molar refractivity (Wildman–Crippen MR) is 107 cm³/mol. The number of aromatic nitrogens is 3. The minimum atomic E-state index is 0.610. The van der Waals surface area contributed by atoms with E-state index in [1.165, 1.54) is 0 Å². The van der Waals surface area contributed by atoms with E-state index >= 15 is 0 Å². The Labute approximate surface area is 157 Å². The molecule has 138 valence electrons. The average Bonchev–Trinajstić information content (AvgIpc) is 3.19. The molecule has 1 fully saturated rings. The summed E-state index contributed by atoms with van der Waals surface area (Å²) in [6.07, 6.45) is 0. The van der Waals surface area contributed by atoms with Crippen LogP contribution in [0.2, 0.25) is 0 Å². The number of anilines is 2. The van der Waals surface area contributed by atoms with Gasteiger partial charge < -0.3 is 15.1 Å². The maximum atomic E-state index is 13.2. The second-order valence-electron chi connectivity index (χ2n) is 7.24. The molecule has 0 unspecified atom stereocenters. The van der Waals surface area contributed by atoms with E-state index in [2.05, 4.69) is 26.7 Å². The highest BCUT2D eigenvalue weighted by atomic mass is 16.3. The van der Waals surface area contributed by atoms with Crippen molar-refractivity contribution in [1.29, 1.82) is 0 Å². The van der Waals surface area contributed by atoms with E-state index in [0.717, 1.165) is 66.5 Å². The van der Waals surface area contributed by atoms with E-state index in [9.17, 15) is 4.91 Å². The lowest BCUT2D eigenvalue weighted by Crippen LogP contribution is -2.44. The van der Waals surface area contributed by atoms with E-state index in [0.29, 0.717) is 11.2 Å². The summed E-state index contributed by atoms with van der Waals surface area (Å²) in [6.45, 7) is 5.59. The number of pyridine rings is 1. The minimum Gasteiger partial charge on any atom is -0.364 e. The van der Waals surface area contributed by atoms with Crippen LogP contribution in [0.4, 0.5) is 11.6 Å². The Bertz CT molecular complexity index is 1050. The molecule has 3 aromatic rings. The smallest absolute Gasteiger partial charge is 0.311 e. The van der Waals surface area contributed by atoms with Gasteiger partial charge in [0.1, 0.15) is 5.82 Å². The second-order valence-corrected chi connectivity index (χ2v) is 7.24. The first-order valence-corrected chi connectivity index (χ1v) is 9.45. The maximum Gasteiger partial charge on any atom is 0.311 e. The number of nitrogens with one attached hydrogen (secondary N) is 1. The van der Waals surface area contributed by atoms with Crippen molar-refractivity contribution in [2.24, 2.45) is 0 Å². The van der Waals surface area contributed by atoms with Crippen LogP contribution in [0.25, 0.3) is 22.4 Å². The molecule has 0 radical (unpaired) electrons. The number of piperazine rings is 1. The number of rotatable bonds is 2. The third-order valence-electron chi connectivity index (χ3n) is 5.51. The van der Waals surface area contributed by atoms with Gasteiger partial charge in [0.2, 0.25) is 5.65 Å². The van der Waals surface area contributed by atoms with Crippen molar-refractivity contribution < 1.29 is 4.43 Å². The van der Waals surface area contributed by atoms with Gasteiger partial charge in [0.05, 0.1) is 9.99 Å². The molecule has 5 rings (SSSR count). The Hall–Kier alpha value is -2.93. The molecule has 1 aromatic carbocycles. The Morgan fingerprint density at radius 3 is 2.56 bits per heavy atom. The lowest BCUT2D eigenvalue weighted by Gasteiger charge is -2.33. The molecule has 2 aliphatic heterocycles. The monoisotopic (exact) mass is 363 g/mol. The van der Waals surface area contributed by atoms with Crippen molar-refractivity contribution in [3.8, 4) is 11.3 Å². The molecule has 7 nitrogen and oxygen atoms in total. The number of likely N-dealkylation sites (N-methyl/N-ethyl adjacent to an activating group) is 1. The fourth-order valence-electron chi connectivity index (χ4n) is 3.98. The van der Waals surface area contributed by atoms with E-state index in [4.69, 9.17) is 4.98 Å². The minimum absolute atomic E-state index is 0.610. The fraction of sp³-hybridized carbons (Fsp3) is 0.350. The molecule has 0 atom stereocenters. The zero-order valence-corrected chi connectivity index (χ0v) is 15.4. The van der Waals surface area contributed by atoms with Gasteiger partial charge in [-0.3, -0.25) is 4.57 Å². The van der Waals surface area contributed by atoms with Crippen LogP contribution in [-0.2, 0) is 6.54 Å². The zero-order valence-electron chi connectivity index (χ0n) is 15.4. The molecular formula is C20H23N6O+. The maximum absolute atomic E-state index is 13.2. The lowest BCUT2D eigenvalue weighted by molar-refractivity contribution is -0.451. The number of hydrogen-bond acceptors (Lipinski definition) is 5. The molecule has 4 heterocycles. The van der Waals surface area contributed by atoms with Crippen molar-refractivity contribution in [2.45, 2.75) is 6.54 Å². The quantitative estimate of drug-likeness (QED) is 0.704. The molecule has 27 heavy (non-hydrogen) atoms. The molecule has 2 aliphatic rings. The van der Waals surface area contributed by atoms with Crippen molar-refractivity contribution in [1.82, 2.24) is 14.5 Å². The summed E-state index contributed by atoms with van der Waals surface area (Å²) in [7, 11) is 2.14. The van der Waals surface area contributed by atoms with Gasteiger partial charge in [-0.25, -0.2) is 4.98 Å². The molecule has 0 spiro atoms. The Kier molecular flexibility index (Phi) is 3.82. The van der Waals surface area contributed by atoms with Gasteiger partial charge in [-0.05, 0) is 25.2 Å². The third kappa shape index (κ3) is 2.66. The second kappa shape index (κ2) is 6.35. The van der Waals surface area contributed by atoms with E-state index in [-0.39, 0.29) is 0 Å². The highest BCUT2D eigenvalue weighted by Crippen LogP contribution is 2.30. The van der Waals surface area contributed by atoms with Gasteiger partial charge in [0, 0.05) is 50.2 Å². The summed E-state index contributed by atoms with van der Waals surface area (Å²) in [5, 5.41) is 3.39. The molecule has 0 amide bonds. The molecule has 0 aliphatic carbocycles. The summed E-state index contributed by atoms with van der Waals surface area (Å²) < 4.78 is 3.17. The molecule has 0 saturated carbocycles. The van der Waals surface area contributed by atoms with Crippen LogP contribution in [0, 0.1) is 4.91 Å². The van der Waals surface area contributed by atoms with E-state index in [1.54, 1.807) is 0 Å². The van der Waals surface area contributed by atoms with Crippen LogP contribution in [0.1, 0.15) is 0 Å².